The van der Waals surface area contributed by atoms with Crippen LogP contribution in [0.4, 0.5) is 0 Å². The molecule has 0 fully saturated rings. The topological polar surface area (TPSA) is 37.3 Å². The van der Waals surface area contributed by atoms with Crippen LogP contribution in [0.2, 0.25) is 0 Å². The first-order valence-electron chi connectivity index (χ1n) is 4.25. The van der Waals surface area contributed by atoms with Gasteiger partial charge in [-0.3, -0.25) is 0 Å². The third kappa shape index (κ3) is 2.87. The Hall–Kier alpha value is -1.31. The van der Waals surface area contributed by atoms with Gasteiger partial charge in [-0.1, -0.05) is 40.3 Å². The molecule has 0 aliphatic heterocycles. The van der Waals surface area contributed by atoms with Crippen LogP contribution in [-0.4, -0.2) is 11.1 Å². The molecule has 0 aliphatic rings. The number of hydrogen-bond acceptors (Lipinski definition) is 1. The lowest BCUT2D eigenvalue weighted by Crippen LogP contribution is -2.11. The number of carbonyl (C=O) groups is 1. The molecule has 14 heavy (non-hydrogen) atoms. The molecule has 0 bridgehead atoms. The van der Waals surface area contributed by atoms with Crippen LogP contribution in [0, 0.1) is 0 Å². The standard InChI is InChI=1S/C11H14O2.CH4/c1-11(2,3)9-6-4-8(5-7-9)10(12)13;/h4-7H,1-3H3,(H,12,13);1H4. The van der Waals surface area contributed by atoms with E-state index in [2.05, 4.69) is 20.8 Å². The third-order valence-electron chi connectivity index (χ3n) is 2.00. The highest BCUT2D eigenvalue weighted by Crippen LogP contribution is 2.21. The maximum Gasteiger partial charge on any atom is 0.335 e. The number of carboxylic acid groups (broad SMARTS) is 1. The monoisotopic (exact) mass is 194 g/mol. The van der Waals surface area contributed by atoms with E-state index < -0.39 is 5.97 Å². The lowest BCUT2D eigenvalue weighted by atomic mass is 9.87. The van der Waals surface area contributed by atoms with Gasteiger partial charge < -0.3 is 5.11 Å². The quantitative estimate of drug-likeness (QED) is 0.744. The zero-order chi connectivity index (χ0) is 10.1. The van der Waals surface area contributed by atoms with E-state index in [-0.39, 0.29) is 12.8 Å². The second kappa shape index (κ2) is 4.27. The molecule has 0 spiro atoms. The normalized spacial score (nSPS) is 10.5. The molecule has 0 aromatic heterocycles. The first kappa shape index (κ1) is 12.7. The summed E-state index contributed by atoms with van der Waals surface area (Å²) in [5, 5.41) is 8.68. The van der Waals surface area contributed by atoms with Crippen LogP contribution in [0.15, 0.2) is 24.3 Å². The van der Waals surface area contributed by atoms with Crippen molar-refractivity contribution in [2.24, 2.45) is 0 Å². The molecule has 0 radical (unpaired) electrons. The summed E-state index contributed by atoms with van der Waals surface area (Å²) in [5.74, 6) is -0.875. The number of hydrogen-bond donors (Lipinski definition) is 1. The van der Waals surface area contributed by atoms with Gasteiger partial charge in [0.1, 0.15) is 0 Å². The molecule has 2 heteroatoms. The fraction of sp³-hybridized carbons (Fsp3) is 0.417. The van der Waals surface area contributed by atoms with E-state index >= 15 is 0 Å². The molecular formula is C12H18O2. The Bertz CT molecular complexity index is 304. The molecule has 78 valence electrons. The van der Waals surface area contributed by atoms with E-state index in [0.717, 1.165) is 5.56 Å². The van der Waals surface area contributed by atoms with Crippen molar-refractivity contribution in [1.29, 1.82) is 0 Å². The molecule has 1 rings (SSSR count). The van der Waals surface area contributed by atoms with Crippen molar-refractivity contribution >= 4 is 5.97 Å². The number of carboxylic acids is 1. The van der Waals surface area contributed by atoms with Crippen LogP contribution >= 0.6 is 0 Å². The van der Waals surface area contributed by atoms with E-state index in [1.165, 1.54) is 0 Å². The van der Waals surface area contributed by atoms with Crippen molar-refractivity contribution in [1.82, 2.24) is 0 Å². The third-order valence-corrected chi connectivity index (χ3v) is 2.00. The van der Waals surface area contributed by atoms with E-state index in [0.29, 0.717) is 5.56 Å². The second-order valence-corrected chi connectivity index (χ2v) is 4.13. The van der Waals surface area contributed by atoms with Gasteiger partial charge in [0.25, 0.3) is 0 Å². The van der Waals surface area contributed by atoms with Crippen LogP contribution in [0.3, 0.4) is 0 Å². The van der Waals surface area contributed by atoms with E-state index in [1.807, 2.05) is 12.1 Å². The predicted molar refractivity (Wildman–Crippen MR) is 58.8 cm³/mol. The second-order valence-electron chi connectivity index (χ2n) is 4.13. The molecule has 0 saturated carbocycles. The van der Waals surface area contributed by atoms with E-state index in [4.69, 9.17) is 5.11 Å². The van der Waals surface area contributed by atoms with Gasteiger partial charge in [0.05, 0.1) is 5.56 Å². The lowest BCUT2D eigenvalue weighted by Gasteiger charge is -2.18. The minimum Gasteiger partial charge on any atom is -0.478 e. The van der Waals surface area contributed by atoms with Gasteiger partial charge in [0.2, 0.25) is 0 Å². The number of rotatable bonds is 1. The van der Waals surface area contributed by atoms with E-state index in [1.54, 1.807) is 12.1 Å². The van der Waals surface area contributed by atoms with Gasteiger partial charge in [0.15, 0.2) is 0 Å². The molecule has 0 heterocycles. The lowest BCUT2D eigenvalue weighted by molar-refractivity contribution is 0.0697. The summed E-state index contributed by atoms with van der Waals surface area (Å²) in [7, 11) is 0. The van der Waals surface area contributed by atoms with Crippen molar-refractivity contribution in [2.75, 3.05) is 0 Å². The Morgan fingerprint density at radius 2 is 1.57 bits per heavy atom. The highest BCUT2D eigenvalue weighted by Gasteiger charge is 2.13. The van der Waals surface area contributed by atoms with Gasteiger partial charge in [-0.15, -0.1) is 0 Å². The molecule has 2 nitrogen and oxygen atoms in total. The highest BCUT2D eigenvalue weighted by atomic mass is 16.4. The van der Waals surface area contributed by atoms with Crippen molar-refractivity contribution < 1.29 is 9.90 Å². The molecule has 1 N–H and O–H groups in total. The van der Waals surface area contributed by atoms with Gasteiger partial charge in [-0.2, -0.15) is 0 Å². The first-order chi connectivity index (χ1) is 5.91. The fourth-order valence-corrected chi connectivity index (χ4v) is 1.11. The van der Waals surface area contributed by atoms with Crippen LogP contribution in [0.5, 0.6) is 0 Å². The van der Waals surface area contributed by atoms with Gasteiger partial charge >= 0.3 is 5.97 Å². The predicted octanol–water partition coefficient (Wildman–Crippen LogP) is 3.32. The van der Waals surface area contributed by atoms with Crippen molar-refractivity contribution in [2.45, 2.75) is 33.6 Å². The van der Waals surface area contributed by atoms with Crippen LogP contribution in [-0.2, 0) is 5.41 Å². The zero-order valence-corrected chi connectivity index (χ0v) is 8.16. The summed E-state index contributed by atoms with van der Waals surface area (Å²) in [6.45, 7) is 6.30. The molecule has 0 atom stereocenters. The van der Waals surface area contributed by atoms with Crippen molar-refractivity contribution in [3.63, 3.8) is 0 Å². The minimum atomic E-state index is -0.875. The SMILES string of the molecule is C.CC(C)(C)c1ccc(C(=O)O)cc1. The Kier molecular flexibility index (Phi) is 3.87. The van der Waals surface area contributed by atoms with Gasteiger partial charge in [-0.25, -0.2) is 4.79 Å². The first-order valence-corrected chi connectivity index (χ1v) is 4.25. The van der Waals surface area contributed by atoms with Gasteiger partial charge in [-0.05, 0) is 23.1 Å². The zero-order valence-electron chi connectivity index (χ0n) is 8.16. The smallest absolute Gasteiger partial charge is 0.335 e. The summed E-state index contributed by atoms with van der Waals surface area (Å²) in [4.78, 5) is 10.6. The largest absolute Gasteiger partial charge is 0.478 e. The Morgan fingerprint density at radius 3 is 1.86 bits per heavy atom. The summed E-state index contributed by atoms with van der Waals surface area (Å²) in [5.41, 5.74) is 1.57. The highest BCUT2D eigenvalue weighted by molar-refractivity contribution is 5.87. The fourth-order valence-electron chi connectivity index (χ4n) is 1.11. The van der Waals surface area contributed by atoms with Gasteiger partial charge in [0, 0.05) is 0 Å². The van der Waals surface area contributed by atoms with Crippen LogP contribution in [0.25, 0.3) is 0 Å². The molecule has 0 unspecified atom stereocenters. The molecule has 0 aliphatic carbocycles. The summed E-state index contributed by atoms with van der Waals surface area (Å²) in [6, 6.07) is 7.01. The average Bonchev–Trinajstić information content (AvgIpc) is 2.03. The van der Waals surface area contributed by atoms with Crippen LogP contribution < -0.4 is 0 Å². The Morgan fingerprint density at radius 1 is 1.14 bits per heavy atom. The minimum absolute atomic E-state index is 0. The summed E-state index contributed by atoms with van der Waals surface area (Å²) >= 11 is 0. The van der Waals surface area contributed by atoms with Crippen molar-refractivity contribution in [3.05, 3.63) is 35.4 Å². The maximum atomic E-state index is 10.6. The summed E-state index contributed by atoms with van der Waals surface area (Å²) in [6.07, 6.45) is 0. The molecule has 0 saturated heterocycles. The Labute approximate surface area is 85.6 Å². The molecular weight excluding hydrogens is 176 g/mol. The van der Waals surface area contributed by atoms with Crippen molar-refractivity contribution in [3.8, 4) is 0 Å². The summed E-state index contributed by atoms with van der Waals surface area (Å²) < 4.78 is 0. The average molecular weight is 194 g/mol. The maximum absolute atomic E-state index is 10.6. The molecule has 1 aromatic rings. The molecule has 1 aromatic carbocycles. The number of aromatic carboxylic acids is 1. The number of benzene rings is 1. The van der Waals surface area contributed by atoms with E-state index in [9.17, 15) is 4.79 Å². The molecule has 0 amide bonds. The Balaban J connectivity index is 0.00000169. The van der Waals surface area contributed by atoms with Crippen LogP contribution in [0.1, 0.15) is 44.1 Å².